The van der Waals surface area contributed by atoms with E-state index in [4.69, 9.17) is 0 Å². The van der Waals surface area contributed by atoms with Gasteiger partial charge in [-0.2, -0.15) is 12.7 Å². The lowest BCUT2D eigenvalue weighted by molar-refractivity contribution is -0.140. The van der Waals surface area contributed by atoms with Crippen molar-refractivity contribution in [1.29, 1.82) is 0 Å². The van der Waals surface area contributed by atoms with E-state index < -0.39 is 28.7 Å². The first-order valence-corrected chi connectivity index (χ1v) is 16.2. The van der Waals surface area contributed by atoms with E-state index >= 15 is 0 Å². The molecule has 0 radical (unpaired) electrons. The molecule has 0 aliphatic heterocycles. The molecular formula is C32H41BrN4O4S. The zero-order valence-corrected chi connectivity index (χ0v) is 27.6. The van der Waals surface area contributed by atoms with Crippen LogP contribution in [0.25, 0.3) is 0 Å². The van der Waals surface area contributed by atoms with Crippen LogP contribution >= 0.6 is 15.9 Å². The summed E-state index contributed by atoms with van der Waals surface area (Å²) in [6.45, 7) is 7.25. The molecule has 0 saturated carbocycles. The Labute approximate surface area is 259 Å². The second-order valence-corrected chi connectivity index (χ2v) is 13.7. The molecule has 3 rings (SSSR count). The van der Waals surface area contributed by atoms with Crippen molar-refractivity contribution in [2.75, 3.05) is 24.9 Å². The highest BCUT2D eigenvalue weighted by Crippen LogP contribution is 2.26. The molecular weight excluding hydrogens is 616 g/mol. The van der Waals surface area contributed by atoms with E-state index in [2.05, 4.69) is 21.2 Å². The smallest absolute Gasteiger partial charge is 0.304 e. The molecule has 42 heavy (non-hydrogen) atoms. The fourth-order valence-corrected chi connectivity index (χ4v) is 5.85. The third-order valence-corrected chi connectivity index (χ3v) is 9.52. The Morgan fingerprint density at radius 3 is 2.17 bits per heavy atom. The Balaban J connectivity index is 2.13. The molecule has 0 unspecified atom stereocenters. The number of carbonyl (C=O) groups excluding carboxylic acids is 2. The predicted octanol–water partition coefficient (Wildman–Crippen LogP) is 5.23. The summed E-state index contributed by atoms with van der Waals surface area (Å²) in [5.74, 6) is -0.767. The number of carbonyl (C=O) groups is 2. The van der Waals surface area contributed by atoms with Crippen LogP contribution in [0.15, 0.2) is 77.3 Å². The highest BCUT2D eigenvalue weighted by molar-refractivity contribution is 9.10. The SMILES string of the molecule is CC[C@@H](C)NC(=O)[C@@H](Cc1ccccc1)N(Cc1ccc(Br)cc1)C(=O)CN(c1cc(C)ccc1C)S(=O)(=O)N(C)C. The zero-order valence-electron chi connectivity index (χ0n) is 25.2. The summed E-state index contributed by atoms with van der Waals surface area (Å²) >= 11 is 3.46. The molecule has 2 atom stereocenters. The van der Waals surface area contributed by atoms with Gasteiger partial charge in [0.1, 0.15) is 12.6 Å². The van der Waals surface area contributed by atoms with Crippen LogP contribution in [0, 0.1) is 13.8 Å². The molecule has 0 spiro atoms. The minimum absolute atomic E-state index is 0.0963. The number of aryl methyl sites for hydroxylation is 2. The average Bonchev–Trinajstić information content (AvgIpc) is 2.96. The molecule has 1 N–H and O–H groups in total. The van der Waals surface area contributed by atoms with Crippen LogP contribution in [0.2, 0.25) is 0 Å². The minimum Gasteiger partial charge on any atom is -0.352 e. The van der Waals surface area contributed by atoms with Gasteiger partial charge in [-0.25, -0.2) is 4.31 Å². The largest absolute Gasteiger partial charge is 0.352 e. The van der Waals surface area contributed by atoms with Gasteiger partial charge in [0, 0.05) is 37.6 Å². The van der Waals surface area contributed by atoms with E-state index in [1.165, 1.54) is 19.0 Å². The van der Waals surface area contributed by atoms with Crippen molar-refractivity contribution in [1.82, 2.24) is 14.5 Å². The first kappa shape index (κ1) is 33.3. The Hall–Kier alpha value is -3.21. The summed E-state index contributed by atoms with van der Waals surface area (Å²) in [4.78, 5) is 29.7. The first-order chi connectivity index (χ1) is 19.8. The van der Waals surface area contributed by atoms with Gasteiger partial charge in [-0.3, -0.25) is 9.59 Å². The van der Waals surface area contributed by atoms with Crippen LogP contribution in [-0.4, -0.2) is 62.2 Å². The molecule has 3 aromatic rings. The van der Waals surface area contributed by atoms with Crippen LogP contribution in [0.1, 0.15) is 42.5 Å². The third-order valence-electron chi connectivity index (χ3n) is 7.19. The number of benzene rings is 3. The number of nitrogens with zero attached hydrogens (tertiary/aromatic N) is 3. The van der Waals surface area contributed by atoms with Crippen LogP contribution in [0.3, 0.4) is 0 Å². The Bertz CT molecular complexity index is 1460. The van der Waals surface area contributed by atoms with Crippen molar-refractivity contribution in [3.63, 3.8) is 0 Å². The molecule has 226 valence electrons. The number of amides is 2. The normalized spacial score (nSPS) is 13.0. The number of hydrogen-bond donors (Lipinski definition) is 1. The fraction of sp³-hybridized carbons (Fsp3) is 0.375. The van der Waals surface area contributed by atoms with Crippen molar-refractivity contribution in [2.45, 2.75) is 59.2 Å². The summed E-state index contributed by atoms with van der Waals surface area (Å²) in [6.07, 6.45) is 1.00. The molecule has 0 saturated heterocycles. The van der Waals surface area contributed by atoms with Gasteiger partial charge in [-0.05, 0) is 67.6 Å². The van der Waals surface area contributed by atoms with Crippen LogP contribution in [0.4, 0.5) is 5.69 Å². The summed E-state index contributed by atoms with van der Waals surface area (Å²) in [5.41, 5.74) is 3.71. The van der Waals surface area contributed by atoms with E-state index in [1.54, 1.807) is 6.07 Å². The van der Waals surface area contributed by atoms with Crippen LogP contribution < -0.4 is 9.62 Å². The lowest BCUT2D eigenvalue weighted by Gasteiger charge is -2.35. The summed E-state index contributed by atoms with van der Waals surface area (Å²) < 4.78 is 30.4. The number of rotatable bonds is 13. The highest BCUT2D eigenvalue weighted by atomic mass is 79.9. The average molecular weight is 658 g/mol. The van der Waals surface area contributed by atoms with Gasteiger partial charge in [-0.1, -0.05) is 77.5 Å². The number of halogens is 1. The Morgan fingerprint density at radius 1 is 0.929 bits per heavy atom. The molecule has 0 bridgehead atoms. The van der Waals surface area contributed by atoms with Crippen molar-refractivity contribution < 1.29 is 18.0 Å². The van der Waals surface area contributed by atoms with Gasteiger partial charge >= 0.3 is 10.2 Å². The maximum Gasteiger partial charge on any atom is 0.304 e. The van der Waals surface area contributed by atoms with Crippen molar-refractivity contribution in [2.24, 2.45) is 0 Å². The van der Waals surface area contributed by atoms with E-state index in [0.29, 0.717) is 11.3 Å². The monoisotopic (exact) mass is 656 g/mol. The third kappa shape index (κ3) is 8.65. The second-order valence-electron chi connectivity index (χ2n) is 10.8. The summed E-state index contributed by atoms with van der Waals surface area (Å²) in [7, 11) is -1.17. The first-order valence-electron chi connectivity index (χ1n) is 14.0. The summed E-state index contributed by atoms with van der Waals surface area (Å²) in [6, 6.07) is 21.6. The molecule has 0 aromatic heterocycles. The Kier molecular flexibility index (Phi) is 11.7. The van der Waals surface area contributed by atoms with Gasteiger partial charge in [0.15, 0.2) is 0 Å². The molecule has 8 nitrogen and oxygen atoms in total. The molecule has 0 aliphatic rings. The van der Waals surface area contributed by atoms with E-state index in [1.807, 2.05) is 94.4 Å². The van der Waals surface area contributed by atoms with Gasteiger partial charge in [-0.15, -0.1) is 0 Å². The molecule has 3 aromatic carbocycles. The second kappa shape index (κ2) is 14.8. The Morgan fingerprint density at radius 2 is 1.57 bits per heavy atom. The van der Waals surface area contributed by atoms with Crippen molar-refractivity contribution in [3.05, 3.63) is 99.5 Å². The summed E-state index contributed by atoms with van der Waals surface area (Å²) in [5, 5.41) is 3.05. The van der Waals surface area contributed by atoms with Crippen LogP contribution in [-0.2, 0) is 32.8 Å². The van der Waals surface area contributed by atoms with Gasteiger partial charge in [0.2, 0.25) is 11.8 Å². The predicted molar refractivity (Wildman–Crippen MR) is 172 cm³/mol. The lowest BCUT2D eigenvalue weighted by atomic mass is 10.0. The molecule has 0 heterocycles. The minimum atomic E-state index is -4.05. The number of hydrogen-bond acceptors (Lipinski definition) is 4. The van der Waals surface area contributed by atoms with Crippen molar-refractivity contribution in [3.8, 4) is 0 Å². The fourth-order valence-electron chi connectivity index (χ4n) is 4.47. The van der Waals surface area contributed by atoms with E-state index in [-0.39, 0.29) is 24.9 Å². The van der Waals surface area contributed by atoms with E-state index in [0.717, 1.165) is 36.2 Å². The zero-order chi connectivity index (χ0) is 31.0. The molecule has 0 aliphatic carbocycles. The topological polar surface area (TPSA) is 90.0 Å². The number of nitrogens with one attached hydrogen (secondary N) is 1. The molecule has 0 fully saturated rings. The molecule has 10 heteroatoms. The van der Waals surface area contributed by atoms with Gasteiger partial charge in [0.05, 0.1) is 5.69 Å². The van der Waals surface area contributed by atoms with E-state index in [9.17, 15) is 18.0 Å². The highest BCUT2D eigenvalue weighted by Gasteiger charge is 2.35. The van der Waals surface area contributed by atoms with Crippen LogP contribution in [0.5, 0.6) is 0 Å². The maximum atomic E-state index is 14.4. The quantitative estimate of drug-likeness (QED) is 0.273. The maximum absolute atomic E-state index is 14.4. The van der Waals surface area contributed by atoms with Gasteiger partial charge in [0.25, 0.3) is 0 Å². The lowest BCUT2D eigenvalue weighted by Crippen LogP contribution is -2.55. The van der Waals surface area contributed by atoms with Crippen molar-refractivity contribution >= 4 is 43.6 Å². The number of anilines is 1. The standard InChI is InChI=1S/C32H41BrN4O4S/c1-7-25(4)34-32(39)30(20-26-11-9-8-10-12-26)36(21-27-15-17-28(33)18-16-27)31(38)22-37(42(40,41)35(5)6)29-19-23(2)13-14-24(29)3/h8-19,25,30H,7,20-22H2,1-6H3,(H,34,39)/t25-,30-/m1/s1. The van der Waals surface area contributed by atoms with Gasteiger partial charge < -0.3 is 10.2 Å². The molecule has 2 amide bonds.